The fourth-order valence-electron chi connectivity index (χ4n) is 1.97. The molecular formula is C18H31IN4O3. The third-order valence-corrected chi connectivity index (χ3v) is 3.61. The van der Waals surface area contributed by atoms with Crippen LogP contribution < -0.4 is 25.4 Å². The predicted molar refractivity (Wildman–Crippen MR) is 116 cm³/mol. The van der Waals surface area contributed by atoms with Gasteiger partial charge in [0.2, 0.25) is 5.91 Å². The minimum Gasteiger partial charge on any atom is -0.497 e. The highest BCUT2D eigenvalue weighted by Gasteiger charge is 2.05. The van der Waals surface area contributed by atoms with Gasteiger partial charge in [-0.25, -0.2) is 0 Å². The lowest BCUT2D eigenvalue weighted by atomic mass is 10.2. The number of benzene rings is 1. The molecule has 1 amide bonds. The van der Waals surface area contributed by atoms with Crippen LogP contribution in [0.5, 0.6) is 11.5 Å². The van der Waals surface area contributed by atoms with E-state index in [2.05, 4.69) is 20.9 Å². The van der Waals surface area contributed by atoms with Crippen LogP contribution in [0.2, 0.25) is 0 Å². The Morgan fingerprint density at radius 3 is 2.35 bits per heavy atom. The van der Waals surface area contributed by atoms with Crippen molar-refractivity contribution < 1.29 is 14.3 Å². The molecular weight excluding hydrogens is 447 g/mol. The minimum atomic E-state index is 0. The number of rotatable bonds is 10. The molecule has 26 heavy (non-hydrogen) atoms. The summed E-state index contributed by atoms with van der Waals surface area (Å²) in [6.45, 7) is 5.67. The van der Waals surface area contributed by atoms with Crippen molar-refractivity contribution in [3.8, 4) is 11.5 Å². The van der Waals surface area contributed by atoms with Crippen molar-refractivity contribution in [1.29, 1.82) is 0 Å². The third kappa shape index (κ3) is 10.3. The van der Waals surface area contributed by atoms with E-state index in [-0.39, 0.29) is 35.9 Å². The van der Waals surface area contributed by atoms with Crippen LogP contribution in [0.25, 0.3) is 0 Å². The normalized spacial score (nSPS) is 11.8. The fourth-order valence-corrected chi connectivity index (χ4v) is 1.97. The molecule has 0 aromatic heterocycles. The van der Waals surface area contributed by atoms with Gasteiger partial charge >= 0.3 is 0 Å². The van der Waals surface area contributed by atoms with Crippen LogP contribution >= 0.6 is 24.0 Å². The number of aliphatic imine (C=N–C) groups is 1. The van der Waals surface area contributed by atoms with Crippen molar-refractivity contribution in [3.05, 3.63) is 24.3 Å². The number of methoxy groups -OCH3 is 1. The third-order valence-electron chi connectivity index (χ3n) is 3.61. The topological polar surface area (TPSA) is 84.0 Å². The molecule has 1 rings (SSSR count). The van der Waals surface area contributed by atoms with Gasteiger partial charge in [-0.3, -0.25) is 9.79 Å². The second kappa shape index (κ2) is 14.5. The Kier molecular flexibility index (Phi) is 13.5. The van der Waals surface area contributed by atoms with Gasteiger partial charge < -0.3 is 25.4 Å². The lowest BCUT2D eigenvalue weighted by Crippen LogP contribution is -2.41. The Morgan fingerprint density at radius 1 is 1.15 bits per heavy atom. The zero-order valence-electron chi connectivity index (χ0n) is 16.0. The molecule has 0 saturated carbocycles. The molecule has 0 heterocycles. The molecule has 1 unspecified atom stereocenters. The van der Waals surface area contributed by atoms with Gasteiger partial charge in [-0.15, -0.1) is 24.0 Å². The molecule has 7 nitrogen and oxygen atoms in total. The number of carbonyl (C=O) groups is 1. The number of nitrogens with one attached hydrogen (secondary N) is 3. The van der Waals surface area contributed by atoms with Gasteiger partial charge in [0.05, 0.1) is 13.7 Å². The molecule has 0 aliphatic carbocycles. The number of guanidine groups is 1. The first-order valence-electron chi connectivity index (χ1n) is 8.59. The summed E-state index contributed by atoms with van der Waals surface area (Å²) in [7, 11) is 3.32. The summed E-state index contributed by atoms with van der Waals surface area (Å²) >= 11 is 0. The van der Waals surface area contributed by atoms with E-state index in [0.717, 1.165) is 17.9 Å². The van der Waals surface area contributed by atoms with Gasteiger partial charge in [0.1, 0.15) is 18.1 Å². The van der Waals surface area contributed by atoms with Gasteiger partial charge in [-0.2, -0.15) is 0 Å². The molecule has 0 bridgehead atoms. The minimum absolute atomic E-state index is 0. The molecule has 0 radical (unpaired) electrons. The highest BCUT2D eigenvalue weighted by Crippen LogP contribution is 2.16. The van der Waals surface area contributed by atoms with Gasteiger partial charge in [-0.1, -0.05) is 6.92 Å². The van der Waals surface area contributed by atoms with E-state index in [1.807, 2.05) is 38.1 Å². The number of hydrogen-bond acceptors (Lipinski definition) is 4. The summed E-state index contributed by atoms with van der Waals surface area (Å²) < 4.78 is 10.7. The maximum Gasteiger partial charge on any atom is 0.221 e. The number of carbonyl (C=O) groups excluding carboxylic acids is 1. The number of ether oxygens (including phenoxy) is 2. The Hall–Kier alpha value is -1.71. The molecule has 0 aliphatic rings. The summed E-state index contributed by atoms with van der Waals surface area (Å²) in [5.41, 5.74) is 0. The molecule has 148 valence electrons. The van der Waals surface area contributed by atoms with E-state index in [4.69, 9.17) is 9.47 Å². The molecule has 0 fully saturated rings. The quantitative estimate of drug-likeness (QED) is 0.208. The smallest absolute Gasteiger partial charge is 0.221 e. The van der Waals surface area contributed by atoms with Crippen molar-refractivity contribution in [2.75, 3.05) is 33.9 Å². The first-order valence-corrected chi connectivity index (χ1v) is 8.59. The maximum absolute atomic E-state index is 11.7. The van der Waals surface area contributed by atoms with E-state index in [1.165, 1.54) is 0 Å². The average Bonchev–Trinajstić information content (AvgIpc) is 2.63. The summed E-state index contributed by atoms with van der Waals surface area (Å²) in [5, 5.41) is 9.19. The van der Waals surface area contributed by atoms with Gasteiger partial charge in [0.25, 0.3) is 0 Å². The van der Waals surface area contributed by atoms with Crippen LogP contribution in [0, 0.1) is 0 Å². The Labute approximate surface area is 173 Å². The van der Waals surface area contributed by atoms with Crippen LogP contribution in [0.15, 0.2) is 29.3 Å². The first-order chi connectivity index (χ1) is 12.1. The summed E-state index contributed by atoms with van der Waals surface area (Å²) in [4.78, 5) is 15.8. The monoisotopic (exact) mass is 478 g/mol. The van der Waals surface area contributed by atoms with E-state index >= 15 is 0 Å². The van der Waals surface area contributed by atoms with E-state index in [1.54, 1.807) is 14.2 Å². The average molecular weight is 478 g/mol. The number of amides is 1. The van der Waals surface area contributed by atoms with Crippen molar-refractivity contribution >= 4 is 35.8 Å². The zero-order chi connectivity index (χ0) is 18.5. The van der Waals surface area contributed by atoms with E-state index < -0.39 is 0 Å². The SMILES string of the molecule is CCC(C)NC(=O)CCNC(=NC)NCCOc1ccc(OC)cc1.I. The number of hydrogen-bond donors (Lipinski definition) is 3. The first kappa shape index (κ1) is 24.3. The maximum atomic E-state index is 11.7. The molecule has 1 aromatic carbocycles. The van der Waals surface area contributed by atoms with Gasteiger partial charge in [0.15, 0.2) is 5.96 Å². The van der Waals surface area contributed by atoms with Gasteiger partial charge in [-0.05, 0) is 37.6 Å². The Balaban J connectivity index is 0.00000625. The lowest BCUT2D eigenvalue weighted by Gasteiger charge is -2.14. The highest BCUT2D eigenvalue weighted by atomic mass is 127. The Bertz CT molecular complexity index is 538. The molecule has 1 atom stereocenters. The van der Waals surface area contributed by atoms with Crippen LogP contribution in [-0.4, -0.2) is 51.8 Å². The summed E-state index contributed by atoms with van der Waals surface area (Å²) in [6.07, 6.45) is 1.34. The molecule has 0 saturated heterocycles. The predicted octanol–water partition coefficient (Wildman–Crippen LogP) is 2.16. The van der Waals surface area contributed by atoms with Crippen LogP contribution in [0.1, 0.15) is 26.7 Å². The molecule has 8 heteroatoms. The zero-order valence-corrected chi connectivity index (χ0v) is 18.3. The van der Waals surface area contributed by atoms with Crippen molar-refractivity contribution in [2.24, 2.45) is 4.99 Å². The molecule has 0 aliphatic heterocycles. The highest BCUT2D eigenvalue weighted by molar-refractivity contribution is 14.0. The number of halogens is 1. The van der Waals surface area contributed by atoms with Crippen LogP contribution in [0.4, 0.5) is 0 Å². The molecule has 1 aromatic rings. The second-order valence-corrected chi connectivity index (χ2v) is 5.58. The largest absolute Gasteiger partial charge is 0.497 e. The second-order valence-electron chi connectivity index (χ2n) is 5.58. The van der Waals surface area contributed by atoms with Crippen molar-refractivity contribution in [1.82, 2.24) is 16.0 Å². The van der Waals surface area contributed by atoms with Gasteiger partial charge in [0, 0.05) is 26.1 Å². The van der Waals surface area contributed by atoms with Crippen LogP contribution in [-0.2, 0) is 4.79 Å². The molecule has 3 N–H and O–H groups in total. The Morgan fingerprint density at radius 2 is 1.77 bits per heavy atom. The lowest BCUT2D eigenvalue weighted by molar-refractivity contribution is -0.121. The van der Waals surface area contributed by atoms with E-state index in [0.29, 0.717) is 32.1 Å². The van der Waals surface area contributed by atoms with Crippen LogP contribution in [0.3, 0.4) is 0 Å². The fraction of sp³-hybridized carbons (Fsp3) is 0.556. The molecule has 0 spiro atoms. The standard InChI is InChI=1S/C18H30N4O3.HI/c1-5-14(2)22-17(23)10-11-20-18(19-3)21-12-13-25-16-8-6-15(24-4)7-9-16;/h6-9,14H,5,10-13H2,1-4H3,(H,22,23)(H2,19,20,21);1H. The van der Waals surface area contributed by atoms with Crippen molar-refractivity contribution in [3.63, 3.8) is 0 Å². The number of nitrogens with zero attached hydrogens (tertiary/aromatic N) is 1. The summed E-state index contributed by atoms with van der Waals surface area (Å²) in [6, 6.07) is 7.64. The van der Waals surface area contributed by atoms with Crippen molar-refractivity contribution in [2.45, 2.75) is 32.7 Å². The van der Waals surface area contributed by atoms with E-state index in [9.17, 15) is 4.79 Å². The summed E-state index contributed by atoms with van der Waals surface area (Å²) in [5.74, 6) is 2.27.